The summed E-state index contributed by atoms with van der Waals surface area (Å²) in [5, 5.41) is 6.70. The second-order valence-corrected chi connectivity index (χ2v) is 11.7. The normalized spacial score (nSPS) is 15.1. The van der Waals surface area contributed by atoms with Gasteiger partial charge < -0.3 is 33.8 Å². The Morgan fingerprint density at radius 1 is 1.06 bits per heavy atom. The Bertz CT molecular complexity index is 2210. The summed E-state index contributed by atoms with van der Waals surface area (Å²) < 4.78 is 31.8. The van der Waals surface area contributed by atoms with Crippen molar-refractivity contribution in [2.24, 2.45) is 0 Å². The number of carbonyl (C=O) groups is 2. The van der Waals surface area contributed by atoms with Crippen LogP contribution in [-0.4, -0.2) is 51.6 Å². The van der Waals surface area contributed by atoms with Crippen LogP contribution in [0.15, 0.2) is 94.8 Å². The molecule has 3 aromatic heterocycles. The molecule has 8 rings (SSSR count). The number of nitrogens with one attached hydrogen (secondary N) is 2. The Morgan fingerprint density at radius 3 is 2.77 bits per heavy atom. The van der Waals surface area contributed by atoms with E-state index in [0.29, 0.717) is 61.6 Å². The number of rotatable bonds is 8. The van der Waals surface area contributed by atoms with Crippen LogP contribution in [0.25, 0.3) is 27.6 Å². The average Bonchev–Trinajstić information content (AvgIpc) is 3.86. The maximum absolute atomic E-state index is 16.1. The zero-order valence-electron chi connectivity index (χ0n) is 25.1. The third-order valence-corrected chi connectivity index (χ3v) is 8.68. The highest BCUT2D eigenvalue weighted by atomic mass is 19.1. The summed E-state index contributed by atoms with van der Waals surface area (Å²) in [5.41, 5.74) is 1.13. The number of carbonyl (C=O) groups excluding carboxylic acids is 2. The van der Waals surface area contributed by atoms with Crippen LogP contribution in [0.4, 0.5) is 10.1 Å². The van der Waals surface area contributed by atoms with Crippen molar-refractivity contribution in [3.63, 3.8) is 0 Å². The van der Waals surface area contributed by atoms with Gasteiger partial charge in [0.25, 0.3) is 11.8 Å². The van der Waals surface area contributed by atoms with Crippen LogP contribution in [0.3, 0.4) is 0 Å². The number of para-hydroxylation sites is 3. The molecule has 47 heavy (non-hydrogen) atoms. The maximum Gasteiger partial charge on any atom is 0.287 e. The zero-order valence-corrected chi connectivity index (χ0v) is 25.1. The fourth-order valence-corrected chi connectivity index (χ4v) is 6.42. The summed E-state index contributed by atoms with van der Waals surface area (Å²) in [6.45, 7) is 1.76. The minimum Gasteiger partial charge on any atom is -0.451 e. The average molecular weight is 633 g/mol. The van der Waals surface area contributed by atoms with Gasteiger partial charge in [-0.3, -0.25) is 14.4 Å². The van der Waals surface area contributed by atoms with Crippen LogP contribution in [-0.2, 0) is 6.54 Å². The van der Waals surface area contributed by atoms with Gasteiger partial charge in [0.2, 0.25) is 5.43 Å². The number of aromatic nitrogens is 3. The summed E-state index contributed by atoms with van der Waals surface area (Å²) in [6, 6.07) is 17.2. The summed E-state index contributed by atoms with van der Waals surface area (Å²) in [6.07, 6.45) is 7.92. The summed E-state index contributed by atoms with van der Waals surface area (Å²) in [7, 11) is 0. The lowest BCUT2D eigenvalue weighted by molar-refractivity contribution is 0.0913. The number of hydrogen-bond donors (Lipinski definition) is 2. The van der Waals surface area contributed by atoms with Crippen LogP contribution >= 0.6 is 0 Å². The lowest BCUT2D eigenvalue weighted by atomic mass is 10.1. The molecular weight excluding hydrogens is 603 g/mol. The van der Waals surface area contributed by atoms with Crippen LogP contribution in [0.2, 0.25) is 0 Å². The second-order valence-electron chi connectivity index (χ2n) is 11.7. The number of anilines is 1. The molecule has 0 radical (unpaired) electrons. The van der Waals surface area contributed by atoms with E-state index in [9.17, 15) is 14.4 Å². The minimum absolute atomic E-state index is 0.0377. The molecule has 236 valence electrons. The number of ether oxygens (including phenoxy) is 1. The van der Waals surface area contributed by atoms with Crippen LogP contribution < -0.4 is 25.7 Å². The van der Waals surface area contributed by atoms with Gasteiger partial charge in [0.05, 0.1) is 17.4 Å². The Labute approximate surface area is 267 Å². The first-order valence-electron chi connectivity index (χ1n) is 15.4. The number of benzene rings is 3. The van der Waals surface area contributed by atoms with Gasteiger partial charge >= 0.3 is 0 Å². The van der Waals surface area contributed by atoms with E-state index >= 15 is 4.39 Å². The number of nitrogens with zero attached hydrogens (tertiary/aromatic N) is 4. The highest BCUT2D eigenvalue weighted by molar-refractivity contribution is 6.01. The lowest BCUT2D eigenvalue weighted by Gasteiger charge is -2.29. The molecule has 0 spiro atoms. The van der Waals surface area contributed by atoms with Gasteiger partial charge in [-0.25, -0.2) is 9.37 Å². The molecule has 0 bridgehead atoms. The molecule has 2 aliphatic rings. The lowest BCUT2D eigenvalue weighted by Crippen LogP contribution is -2.37. The minimum atomic E-state index is -0.655. The van der Waals surface area contributed by atoms with E-state index in [1.807, 2.05) is 46.0 Å². The Hall–Kier alpha value is -5.91. The highest BCUT2D eigenvalue weighted by Gasteiger charge is 2.34. The molecule has 2 aliphatic heterocycles. The van der Waals surface area contributed by atoms with Crippen molar-refractivity contribution in [3.8, 4) is 17.2 Å². The number of fused-ring (bicyclic) bond motifs is 3. The number of aryl methyl sites for hydroxylation is 1. The monoisotopic (exact) mass is 632 g/mol. The molecule has 11 nitrogen and oxygen atoms in total. The molecule has 1 fully saturated rings. The molecule has 3 aromatic carbocycles. The van der Waals surface area contributed by atoms with Crippen molar-refractivity contribution in [1.82, 2.24) is 24.8 Å². The number of halogens is 1. The van der Waals surface area contributed by atoms with Crippen LogP contribution in [0, 0.1) is 5.82 Å². The van der Waals surface area contributed by atoms with Gasteiger partial charge in [-0.15, -0.1) is 0 Å². The van der Waals surface area contributed by atoms with Crippen molar-refractivity contribution in [2.75, 3.05) is 24.5 Å². The molecule has 1 atom stereocenters. The molecular formula is C35H29FN6O5. The van der Waals surface area contributed by atoms with Gasteiger partial charge in [0.1, 0.15) is 22.4 Å². The summed E-state index contributed by atoms with van der Waals surface area (Å²) >= 11 is 0. The van der Waals surface area contributed by atoms with Crippen molar-refractivity contribution >= 4 is 39.4 Å². The SMILES string of the molecule is O=C(NC1CCN(c2c(F)cc3c(=O)c(C(=O)NCCCn4ccnc4)cn4c3c2Oc2ccccc2-4)C1)c1cc2ccccc2o1. The number of hydrogen-bond acceptors (Lipinski definition) is 7. The van der Waals surface area contributed by atoms with E-state index in [4.69, 9.17) is 9.15 Å². The molecule has 0 aliphatic carbocycles. The van der Waals surface area contributed by atoms with Crippen LogP contribution in [0.1, 0.15) is 33.8 Å². The number of pyridine rings is 1. The Morgan fingerprint density at radius 2 is 1.91 bits per heavy atom. The summed E-state index contributed by atoms with van der Waals surface area (Å²) in [4.78, 5) is 45.9. The molecule has 2 amide bonds. The zero-order chi connectivity index (χ0) is 32.1. The number of imidazole rings is 1. The van der Waals surface area contributed by atoms with Gasteiger partial charge in [-0.05, 0) is 43.2 Å². The largest absolute Gasteiger partial charge is 0.451 e. The Kier molecular flexibility index (Phi) is 6.97. The van der Waals surface area contributed by atoms with Crippen molar-refractivity contribution in [1.29, 1.82) is 0 Å². The molecule has 0 saturated carbocycles. The van der Waals surface area contributed by atoms with Gasteiger partial charge in [0.15, 0.2) is 23.1 Å². The third kappa shape index (κ3) is 5.07. The Balaban J connectivity index is 1.09. The topological polar surface area (TPSA) is 124 Å². The van der Waals surface area contributed by atoms with E-state index < -0.39 is 17.2 Å². The quantitative estimate of drug-likeness (QED) is 0.226. The van der Waals surface area contributed by atoms with Gasteiger partial charge in [-0.2, -0.15) is 0 Å². The molecule has 6 aromatic rings. The van der Waals surface area contributed by atoms with Crippen molar-refractivity contribution in [2.45, 2.75) is 25.4 Å². The van der Waals surface area contributed by atoms with Crippen molar-refractivity contribution < 1.29 is 23.1 Å². The standard InChI is InChI=1S/C35H29FN6O5/c36-25-17-23-30-33(31(25)41-14-10-22(18-41)39-35(45)29-16-21-6-1-3-8-27(21)46-29)47-28-9-4-2-7-26(28)42(30)19-24(32(23)43)34(44)38-11-5-13-40-15-12-37-20-40/h1-4,6-9,12,15-17,19-20,22H,5,10-11,13-14,18H2,(H,38,44)(H,39,45). The predicted octanol–water partition coefficient (Wildman–Crippen LogP) is 5.01. The predicted molar refractivity (Wildman–Crippen MR) is 173 cm³/mol. The molecule has 5 heterocycles. The fraction of sp³-hybridized carbons (Fsp3) is 0.200. The first-order chi connectivity index (χ1) is 22.9. The van der Waals surface area contributed by atoms with Gasteiger partial charge in [-0.1, -0.05) is 30.3 Å². The van der Waals surface area contributed by atoms with E-state index in [1.165, 1.54) is 12.3 Å². The highest BCUT2D eigenvalue weighted by Crippen LogP contribution is 2.47. The van der Waals surface area contributed by atoms with Crippen molar-refractivity contribution in [3.05, 3.63) is 113 Å². The third-order valence-electron chi connectivity index (χ3n) is 8.68. The van der Waals surface area contributed by atoms with E-state index in [1.54, 1.807) is 41.4 Å². The van der Waals surface area contributed by atoms with E-state index in [-0.39, 0.29) is 40.1 Å². The maximum atomic E-state index is 16.1. The number of furan rings is 1. The fourth-order valence-electron chi connectivity index (χ4n) is 6.42. The van der Waals surface area contributed by atoms with E-state index in [2.05, 4.69) is 15.6 Å². The first-order valence-corrected chi connectivity index (χ1v) is 15.4. The van der Waals surface area contributed by atoms with Gasteiger partial charge in [0, 0.05) is 56.2 Å². The number of amides is 2. The van der Waals surface area contributed by atoms with Crippen LogP contribution in [0.5, 0.6) is 11.5 Å². The molecule has 1 saturated heterocycles. The van der Waals surface area contributed by atoms with E-state index in [0.717, 1.165) is 5.39 Å². The smallest absolute Gasteiger partial charge is 0.287 e. The molecule has 12 heteroatoms. The first kappa shape index (κ1) is 28.6. The molecule has 1 unspecified atom stereocenters. The summed E-state index contributed by atoms with van der Waals surface area (Å²) in [5.74, 6) is -0.690. The molecule has 2 N–H and O–H groups in total. The second kappa shape index (κ2) is 11.5.